The van der Waals surface area contributed by atoms with Crippen LogP contribution in [0.2, 0.25) is 0 Å². The maximum Gasteiger partial charge on any atom is 0.253 e. The van der Waals surface area contributed by atoms with E-state index in [4.69, 9.17) is 4.74 Å². The van der Waals surface area contributed by atoms with Gasteiger partial charge in [0.25, 0.3) is 5.91 Å². The van der Waals surface area contributed by atoms with Gasteiger partial charge in [0.1, 0.15) is 12.4 Å². The van der Waals surface area contributed by atoms with E-state index >= 15 is 0 Å². The predicted molar refractivity (Wildman–Crippen MR) is 94.7 cm³/mol. The van der Waals surface area contributed by atoms with Gasteiger partial charge in [-0.3, -0.25) is 4.79 Å². The minimum atomic E-state index is -0.0330. The van der Waals surface area contributed by atoms with Crippen LogP contribution >= 0.6 is 0 Å². The van der Waals surface area contributed by atoms with Gasteiger partial charge in [-0.2, -0.15) is 0 Å². The number of nitrogens with zero attached hydrogens (tertiary/aromatic N) is 5. The number of carbonyl (C=O) groups excluding carboxylic acids is 1. The molecule has 7 nitrogen and oxygen atoms in total. The first-order valence-corrected chi connectivity index (χ1v) is 8.54. The molecule has 3 aromatic rings. The molecule has 1 saturated heterocycles. The molecule has 0 radical (unpaired) electrons. The van der Waals surface area contributed by atoms with E-state index < -0.39 is 0 Å². The van der Waals surface area contributed by atoms with Gasteiger partial charge in [0, 0.05) is 49.7 Å². The van der Waals surface area contributed by atoms with Gasteiger partial charge in [-0.1, -0.05) is 12.1 Å². The molecule has 1 aliphatic rings. The number of aromatic nitrogens is 4. The molecule has 0 bridgehead atoms. The first-order chi connectivity index (χ1) is 12.8. The molecule has 26 heavy (non-hydrogen) atoms. The standard InChI is InChI=1S/C19H19N5O2/c25-19(16-3-1-15(2-4-16)11-23-10-8-21-14-23)24-9-6-17(12-24)26-18-5-7-20-13-22-18/h1-5,7-8,10,13-14,17H,6,9,11-12H2/t17-/m1/s1. The molecule has 1 fully saturated rings. The van der Waals surface area contributed by atoms with Crippen LogP contribution in [0.25, 0.3) is 0 Å². The van der Waals surface area contributed by atoms with Gasteiger partial charge in [0.2, 0.25) is 5.88 Å². The minimum Gasteiger partial charge on any atom is -0.472 e. The van der Waals surface area contributed by atoms with E-state index in [9.17, 15) is 4.79 Å². The highest BCUT2D eigenvalue weighted by Gasteiger charge is 2.28. The number of hydrogen-bond acceptors (Lipinski definition) is 5. The molecule has 1 aliphatic heterocycles. The molecule has 0 spiro atoms. The number of hydrogen-bond donors (Lipinski definition) is 0. The first-order valence-electron chi connectivity index (χ1n) is 8.54. The number of ether oxygens (including phenoxy) is 1. The maximum atomic E-state index is 12.7. The number of imidazole rings is 1. The lowest BCUT2D eigenvalue weighted by molar-refractivity contribution is 0.0771. The van der Waals surface area contributed by atoms with Gasteiger partial charge >= 0.3 is 0 Å². The summed E-state index contributed by atoms with van der Waals surface area (Å²) in [5, 5.41) is 0. The Labute approximate surface area is 151 Å². The number of carbonyl (C=O) groups is 1. The van der Waals surface area contributed by atoms with Crippen molar-refractivity contribution in [1.82, 2.24) is 24.4 Å². The molecule has 4 rings (SSSR count). The lowest BCUT2D eigenvalue weighted by atomic mass is 10.1. The van der Waals surface area contributed by atoms with Crippen molar-refractivity contribution in [2.24, 2.45) is 0 Å². The van der Waals surface area contributed by atoms with E-state index in [0.29, 0.717) is 24.5 Å². The van der Waals surface area contributed by atoms with Gasteiger partial charge in [0.15, 0.2) is 0 Å². The highest BCUT2D eigenvalue weighted by Crippen LogP contribution is 2.18. The monoisotopic (exact) mass is 349 g/mol. The molecule has 0 unspecified atom stereocenters. The third-order valence-corrected chi connectivity index (χ3v) is 4.40. The third kappa shape index (κ3) is 3.72. The molecular formula is C19H19N5O2. The van der Waals surface area contributed by atoms with Gasteiger partial charge in [-0.05, 0) is 17.7 Å². The molecule has 1 aromatic carbocycles. The van der Waals surface area contributed by atoms with Crippen molar-refractivity contribution in [2.75, 3.05) is 13.1 Å². The molecule has 1 amide bonds. The number of likely N-dealkylation sites (tertiary alicyclic amines) is 1. The fraction of sp³-hybridized carbons (Fsp3) is 0.263. The number of amides is 1. The summed E-state index contributed by atoms with van der Waals surface area (Å²) in [5.74, 6) is 0.580. The Kier molecular flexibility index (Phi) is 4.59. The Balaban J connectivity index is 1.35. The summed E-state index contributed by atoms with van der Waals surface area (Å²) < 4.78 is 7.81. The summed E-state index contributed by atoms with van der Waals surface area (Å²) in [7, 11) is 0. The van der Waals surface area contributed by atoms with Gasteiger partial charge < -0.3 is 14.2 Å². The van der Waals surface area contributed by atoms with Crippen LogP contribution in [0.1, 0.15) is 22.3 Å². The summed E-state index contributed by atoms with van der Waals surface area (Å²) in [6, 6.07) is 9.46. The quantitative estimate of drug-likeness (QED) is 0.704. The lowest BCUT2D eigenvalue weighted by Crippen LogP contribution is -2.31. The zero-order chi connectivity index (χ0) is 17.8. The SMILES string of the molecule is O=C(c1ccc(Cn2ccnc2)cc1)N1CC[C@@H](Oc2ccncn2)C1. The van der Waals surface area contributed by atoms with Crippen LogP contribution in [-0.2, 0) is 6.54 Å². The zero-order valence-corrected chi connectivity index (χ0v) is 14.2. The van der Waals surface area contributed by atoms with E-state index in [-0.39, 0.29) is 12.0 Å². The average Bonchev–Trinajstić information content (AvgIpc) is 3.35. The van der Waals surface area contributed by atoms with Crippen molar-refractivity contribution >= 4 is 5.91 Å². The summed E-state index contributed by atoms with van der Waals surface area (Å²) >= 11 is 0. The second-order valence-electron chi connectivity index (χ2n) is 6.26. The maximum absolute atomic E-state index is 12.7. The molecule has 0 saturated carbocycles. The van der Waals surface area contributed by atoms with Crippen LogP contribution in [0.4, 0.5) is 0 Å². The Hall–Kier alpha value is -3.22. The number of rotatable bonds is 5. The molecule has 3 heterocycles. The summed E-state index contributed by atoms with van der Waals surface area (Å²) in [6.07, 6.45) is 9.32. The molecule has 2 aromatic heterocycles. The second kappa shape index (κ2) is 7.35. The van der Waals surface area contributed by atoms with Crippen molar-refractivity contribution in [3.05, 3.63) is 72.7 Å². The molecular weight excluding hydrogens is 330 g/mol. The van der Waals surface area contributed by atoms with Gasteiger partial charge in [0.05, 0.1) is 12.9 Å². The Morgan fingerprint density at radius 1 is 1.15 bits per heavy atom. The molecule has 1 atom stereocenters. The van der Waals surface area contributed by atoms with Gasteiger partial charge in [-0.15, -0.1) is 0 Å². The normalized spacial score (nSPS) is 16.6. The van der Waals surface area contributed by atoms with Gasteiger partial charge in [-0.25, -0.2) is 15.0 Å². The average molecular weight is 349 g/mol. The molecule has 0 N–H and O–H groups in total. The van der Waals surface area contributed by atoms with Crippen LogP contribution in [-0.4, -0.2) is 49.5 Å². The predicted octanol–water partition coefficient (Wildman–Crippen LogP) is 2.01. The fourth-order valence-corrected chi connectivity index (χ4v) is 3.05. The third-order valence-electron chi connectivity index (χ3n) is 4.40. The van der Waals surface area contributed by atoms with Crippen LogP contribution < -0.4 is 4.74 Å². The fourth-order valence-electron chi connectivity index (χ4n) is 3.05. The van der Waals surface area contributed by atoms with Crippen LogP contribution in [0.3, 0.4) is 0 Å². The second-order valence-corrected chi connectivity index (χ2v) is 6.26. The van der Waals surface area contributed by atoms with E-state index in [2.05, 4.69) is 15.0 Å². The largest absolute Gasteiger partial charge is 0.472 e. The highest BCUT2D eigenvalue weighted by atomic mass is 16.5. The van der Waals surface area contributed by atoms with Crippen LogP contribution in [0.5, 0.6) is 5.88 Å². The van der Waals surface area contributed by atoms with Crippen molar-refractivity contribution in [1.29, 1.82) is 0 Å². The minimum absolute atomic E-state index is 0.0330. The van der Waals surface area contributed by atoms with E-state index in [1.165, 1.54) is 6.33 Å². The highest BCUT2D eigenvalue weighted by molar-refractivity contribution is 5.94. The van der Waals surface area contributed by atoms with E-state index in [1.807, 2.05) is 39.9 Å². The van der Waals surface area contributed by atoms with Crippen LogP contribution in [0.15, 0.2) is 61.6 Å². The van der Waals surface area contributed by atoms with Crippen molar-refractivity contribution < 1.29 is 9.53 Å². The Morgan fingerprint density at radius 3 is 2.77 bits per heavy atom. The smallest absolute Gasteiger partial charge is 0.253 e. The lowest BCUT2D eigenvalue weighted by Gasteiger charge is -2.17. The topological polar surface area (TPSA) is 73.1 Å². The van der Waals surface area contributed by atoms with E-state index in [0.717, 1.165) is 18.5 Å². The first kappa shape index (κ1) is 16.3. The van der Waals surface area contributed by atoms with Crippen molar-refractivity contribution in [2.45, 2.75) is 19.1 Å². The van der Waals surface area contributed by atoms with E-state index in [1.54, 1.807) is 24.8 Å². The Bertz CT molecular complexity index is 849. The van der Waals surface area contributed by atoms with Crippen molar-refractivity contribution in [3.63, 3.8) is 0 Å². The summed E-state index contributed by atoms with van der Waals surface area (Å²) in [6.45, 7) is 2.00. The Morgan fingerprint density at radius 2 is 2.04 bits per heavy atom. The summed E-state index contributed by atoms with van der Waals surface area (Å²) in [5.41, 5.74) is 1.83. The summed E-state index contributed by atoms with van der Waals surface area (Å²) in [4.78, 5) is 26.5. The van der Waals surface area contributed by atoms with Crippen LogP contribution in [0, 0.1) is 0 Å². The van der Waals surface area contributed by atoms with Crippen molar-refractivity contribution in [3.8, 4) is 5.88 Å². The molecule has 7 heteroatoms. The molecule has 132 valence electrons. The number of benzene rings is 1. The molecule has 0 aliphatic carbocycles. The zero-order valence-electron chi connectivity index (χ0n) is 14.2.